The Bertz CT molecular complexity index is 912. The van der Waals surface area contributed by atoms with Crippen LogP contribution in [0.15, 0.2) is 29.3 Å². The van der Waals surface area contributed by atoms with Crippen molar-refractivity contribution in [2.24, 2.45) is 7.05 Å². The Hall–Kier alpha value is -2.19. The Morgan fingerprint density at radius 1 is 1.40 bits per heavy atom. The lowest BCUT2D eigenvalue weighted by molar-refractivity contribution is 0.102. The van der Waals surface area contributed by atoms with Gasteiger partial charge in [-0.1, -0.05) is 6.07 Å². The summed E-state index contributed by atoms with van der Waals surface area (Å²) in [7, 11) is -1.59. The van der Waals surface area contributed by atoms with Crippen LogP contribution in [-0.4, -0.2) is 43.6 Å². The van der Waals surface area contributed by atoms with Gasteiger partial charge >= 0.3 is 0 Å². The minimum Gasteiger partial charge on any atom is -0.381 e. The number of nitrogens with one attached hydrogen (secondary N) is 1. The van der Waals surface area contributed by atoms with Crippen LogP contribution in [0.5, 0.6) is 0 Å². The summed E-state index contributed by atoms with van der Waals surface area (Å²) in [5.74, 6) is -0.204. The summed E-state index contributed by atoms with van der Waals surface area (Å²) in [5, 5.41) is 7.18. The number of carbonyl (C=O) groups is 1. The topological polar surface area (TPSA) is 90.3 Å². The van der Waals surface area contributed by atoms with Gasteiger partial charge in [0.15, 0.2) is 9.84 Å². The van der Waals surface area contributed by atoms with Gasteiger partial charge in [0.25, 0.3) is 5.91 Å². The Morgan fingerprint density at radius 3 is 2.80 bits per heavy atom. The zero-order chi connectivity index (χ0) is 18.2. The van der Waals surface area contributed by atoms with E-state index in [2.05, 4.69) is 10.4 Å². The van der Waals surface area contributed by atoms with Gasteiger partial charge in [0.1, 0.15) is 0 Å². The normalized spacial score (nSPS) is 17.6. The quantitative estimate of drug-likeness (QED) is 0.896. The van der Waals surface area contributed by atoms with Crippen LogP contribution in [0.2, 0.25) is 0 Å². The molecule has 1 aromatic heterocycles. The highest BCUT2D eigenvalue weighted by molar-refractivity contribution is 7.90. The average molecular weight is 363 g/mol. The third-order valence-corrected chi connectivity index (χ3v) is 5.50. The van der Waals surface area contributed by atoms with Crippen molar-refractivity contribution in [3.8, 4) is 0 Å². The molecular weight excluding hydrogens is 342 g/mol. The number of nitrogens with zero attached hydrogens (tertiary/aromatic N) is 2. The number of amides is 1. The fraction of sp³-hybridized carbons (Fsp3) is 0.412. The monoisotopic (exact) mass is 363 g/mol. The number of ether oxygens (including phenoxy) is 1. The van der Waals surface area contributed by atoms with Gasteiger partial charge in [-0.05, 0) is 31.0 Å². The first kappa shape index (κ1) is 17.6. The first-order valence-electron chi connectivity index (χ1n) is 7.99. The van der Waals surface area contributed by atoms with Crippen LogP contribution in [0, 0.1) is 6.92 Å². The number of hydrogen-bond donors (Lipinski definition) is 1. The number of benzene rings is 1. The zero-order valence-corrected chi connectivity index (χ0v) is 15.3. The summed E-state index contributed by atoms with van der Waals surface area (Å²) in [5.41, 5.74) is 2.28. The zero-order valence-electron chi connectivity index (χ0n) is 14.4. The molecule has 1 N–H and O–H groups in total. The van der Waals surface area contributed by atoms with Crippen molar-refractivity contribution >= 4 is 21.4 Å². The maximum atomic E-state index is 12.7. The lowest BCUT2D eigenvalue weighted by Crippen LogP contribution is -2.15. The van der Waals surface area contributed by atoms with Crippen LogP contribution in [0.1, 0.15) is 34.0 Å². The fourth-order valence-corrected chi connectivity index (χ4v) is 4.00. The Morgan fingerprint density at radius 2 is 2.16 bits per heavy atom. The number of anilines is 1. The van der Waals surface area contributed by atoms with Crippen molar-refractivity contribution in [1.82, 2.24) is 9.78 Å². The molecule has 3 rings (SSSR count). The first-order valence-corrected chi connectivity index (χ1v) is 9.88. The number of sulfone groups is 1. The van der Waals surface area contributed by atoms with E-state index in [0.29, 0.717) is 35.7 Å². The van der Waals surface area contributed by atoms with Crippen molar-refractivity contribution < 1.29 is 17.9 Å². The molecule has 1 unspecified atom stereocenters. The molecule has 8 heteroatoms. The summed E-state index contributed by atoms with van der Waals surface area (Å²) < 4.78 is 30.7. The van der Waals surface area contributed by atoms with E-state index in [1.54, 1.807) is 37.0 Å². The van der Waals surface area contributed by atoms with E-state index >= 15 is 0 Å². The first-order chi connectivity index (χ1) is 11.8. The number of rotatable bonds is 4. The molecule has 134 valence electrons. The lowest BCUT2D eigenvalue weighted by atomic mass is 10.0. The lowest BCUT2D eigenvalue weighted by Gasteiger charge is -2.10. The van der Waals surface area contributed by atoms with E-state index in [-0.39, 0.29) is 16.7 Å². The molecule has 25 heavy (non-hydrogen) atoms. The summed E-state index contributed by atoms with van der Waals surface area (Å²) in [6, 6.07) is 4.86. The second kappa shape index (κ2) is 6.61. The fourth-order valence-electron chi connectivity index (χ4n) is 3.01. The predicted molar refractivity (Wildman–Crippen MR) is 93.6 cm³/mol. The molecule has 1 fully saturated rings. The molecule has 2 heterocycles. The van der Waals surface area contributed by atoms with Crippen molar-refractivity contribution in [2.45, 2.75) is 24.2 Å². The van der Waals surface area contributed by atoms with Crippen LogP contribution >= 0.6 is 0 Å². The van der Waals surface area contributed by atoms with Gasteiger partial charge in [0.2, 0.25) is 0 Å². The van der Waals surface area contributed by atoms with E-state index in [0.717, 1.165) is 12.7 Å². The maximum Gasteiger partial charge on any atom is 0.259 e. The highest BCUT2D eigenvalue weighted by Gasteiger charge is 2.26. The molecule has 1 aliphatic heterocycles. The second-order valence-corrected chi connectivity index (χ2v) is 8.35. The van der Waals surface area contributed by atoms with Crippen molar-refractivity contribution in [2.75, 3.05) is 24.8 Å². The third kappa shape index (κ3) is 3.74. The predicted octanol–water partition coefficient (Wildman–Crippen LogP) is 1.89. The second-order valence-electron chi connectivity index (χ2n) is 6.37. The van der Waals surface area contributed by atoms with Crippen LogP contribution in [0.25, 0.3) is 0 Å². The Labute approximate surface area is 146 Å². The molecule has 0 spiro atoms. The van der Waals surface area contributed by atoms with E-state index in [9.17, 15) is 13.2 Å². The van der Waals surface area contributed by atoms with Gasteiger partial charge in [-0.15, -0.1) is 0 Å². The van der Waals surface area contributed by atoms with Crippen LogP contribution in [0.3, 0.4) is 0 Å². The highest BCUT2D eigenvalue weighted by atomic mass is 32.2. The van der Waals surface area contributed by atoms with E-state index in [4.69, 9.17) is 4.74 Å². The molecule has 0 bridgehead atoms. The molecule has 2 aromatic rings. The smallest absolute Gasteiger partial charge is 0.259 e. The molecule has 0 aliphatic carbocycles. The highest BCUT2D eigenvalue weighted by Crippen LogP contribution is 2.27. The molecule has 0 saturated carbocycles. The van der Waals surface area contributed by atoms with Crippen molar-refractivity contribution in [3.05, 3.63) is 41.2 Å². The minimum atomic E-state index is -3.36. The van der Waals surface area contributed by atoms with Gasteiger partial charge in [0.05, 0.1) is 22.8 Å². The number of carbonyl (C=O) groups excluding carboxylic acids is 1. The van der Waals surface area contributed by atoms with E-state index in [1.165, 1.54) is 6.07 Å². The minimum absolute atomic E-state index is 0.103. The van der Waals surface area contributed by atoms with Gasteiger partial charge in [-0.25, -0.2) is 8.42 Å². The summed E-state index contributed by atoms with van der Waals surface area (Å²) in [6.45, 7) is 2.94. The summed E-state index contributed by atoms with van der Waals surface area (Å²) in [6.07, 6.45) is 3.66. The van der Waals surface area contributed by atoms with Crippen LogP contribution < -0.4 is 5.32 Å². The van der Waals surface area contributed by atoms with Crippen molar-refractivity contribution in [3.63, 3.8) is 0 Å². The standard InChI is InChI=1S/C17H21N3O4S/c1-11-4-5-13(8-15(11)25(3,22)23)18-17(21)14-9-20(2)19-16(14)12-6-7-24-10-12/h4-5,8-9,12H,6-7,10H2,1-3H3,(H,18,21). The third-order valence-electron chi connectivity index (χ3n) is 4.26. The summed E-state index contributed by atoms with van der Waals surface area (Å²) >= 11 is 0. The molecule has 1 atom stereocenters. The van der Waals surface area contributed by atoms with Crippen molar-refractivity contribution in [1.29, 1.82) is 0 Å². The largest absolute Gasteiger partial charge is 0.381 e. The van der Waals surface area contributed by atoms with Crippen LogP contribution in [0.4, 0.5) is 5.69 Å². The average Bonchev–Trinajstić information content (AvgIpc) is 3.17. The number of hydrogen-bond acceptors (Lipinski definition) is 5. The molecule has 1 amide bonds. The summed E-state index contributed by atoms with van der Waals surface area (Å²) in [4.78, 5) is 12.9. The molecule has 7 nitrogen and oxygen atoms in total. The van der Waals surface area contributed by atoms with Crippen LogP contribution in [-0.2, 0) is 21.6 Å². The molecule has 1 saturated heterocycles. The van der Waals surface area contributed by atoms with E-state index < -0.39 is 9.84 Å². The molecular formula is C17H21N3O4S. The van der Waals surface area contributed by atoms with Gasteiger partial charge < -0.3 is 10.1 Å². The van der Waals surface area contributed by atoms with Gasteiger partial charge in [-0.3, -0.25) is 9.48 Å². The van der Waals surface area contributed by atoms with E-state index in [1.807, 2.05) is 0 Å². The molecule has 1 aromatic carbocycles. The molecule has 0 radical (unpaired) electrons. The number of aryl methyl sites for hydroxylation is 2. The number of aromatic nitrogens is 2. The van der Waals surface area contributed by atoms with Gasteiger partial charge in [-0.2, -0.15) is 5.10 Å². The Kier molecular flexibility index (Phi) is 4.66. The maximum absolute atomic E-state index is 12.7. The SMILES string of the molecule is Cc1ccc(NC(=O)c2cn(C)nc2C2CCOC2)cc1S(C)(=O)=O. The Balaban J connectivity index is 1.88. The molecule has 1 aliphatic rings. The van der Waals surface area contributed by atoms with Gasteiger partial charge in [0, 0.05) is 37.7 Å².